The van der Waals surface area contributed by atoms with Crippen molar-refractivity contribution in [2.75, 3.05) is 33.7 Å². The third kappa shape index (κ3) is 5.13. The summed E-state index contributed by atoms with van der Waals surface area (Å²) in [4.78, 5) is 37.3. The summed E-state index contributed by atoms with van der Waals surface area (Å²) in [5.74, 6) is -0.674. The topological polar surface area (TPSA) is 102 Å². The normalized spacial score (nSPS) is 21.6. The molecule has 0 aromatic rings. The predicted molar refractivity (Wildman–Crippen MR) is 77.0 cm³/mol. The van der Waals surface area contributed by atoms with Crippen molar-refractivity contribution in [1.29, 1.82) is 0 Å². The van der Waals surface area contributed by atoms with Crippen LogP contribution in [-0.2, 0) is 4.79 Å². The summed E-state index contributed by atoms with van der Waals surface area (Å²) in [5, 5.41) is 14.5. The minimum absolute atomic E-state index is 0.237. The van der Waals surface area contributed by atoms with Gasteiger partial charge < -0.3 is 25.5 Å². The molecule has 1 rings (SSSR count). The zero-order valence-corrected chi connectivity index (χ0v) is 12.8. The highest BCUT2D eigenvalue weighted by Crippen LogP contribution is 2.22. The molecule has 4 amide bonds. The molecule has 0 radical (unpaired) electrons. The SMILES string of the molecule is CC1CCN(C(=O)NCCNC(=O)N(C)C)C(C(=O)O)C1. The lowest BCUT2D eigenvalue weighted by molar-refractivity contribution is -0.143. The molecule has 1 fully saturated rings. The van der Waals surface area contributed by atoms with Crippen LogP contribution in [0.2, 0.25) is 0 Å². The quantitative estimate of drug-likeness (QED) is 0.643. The second-order valence-electron chi connectivity index (χ2n) is 5.54. The van der Waals surface area contributed by atoms with Crippen LogP contribution in [0.5, 0.6) is 0 Å². The molecule has 120 valence electrons. The molecule has 0 aliphatic carbocycles. The molecule has 8 nitrogen and oxygen atoms in total. The Morgan fingerprint density at radius 3 is 2.43 bits per heavy atom. The number of urea groups is 2. The van der Waals surface area contributed by atoms with Crippen molar-refractivity contribution in [2.24, 2.45) is 5.92 Å². The lowest BCUT2D eigenvalue weighted by atomic mass is 9.93. The van der Waals surface area contributed by atoms with Crippen molar-refractivity contribution >= 4 is 18.0 Å². The Kier molecular flexibility index (Phi) is 6.26. The first-order chi connectivity index (χ1) is 9.82. The van der Waals surface area contributed by atoms with E-state index in [-0.39, 0.29) is 12.6 Å². The molecule has 0 bridgehead atoms. The lowest BCUT2D eigenvalue weighted by Crippen LogP contribution is -2.54. The van der Waals surface area contributed by atoms with Gasteiger partial charge in [0.15, 0.2) is 0 Å². The summed E-state index contributed by atoms with van der Waals surface area (Å²) in [6, 6.07) is -1.40. The van der Waals surface area contributed by atoms with Crippen LogP contribution in [0.25, 0.3) is 0 Å². The molecule has 0 aromatic carbocycles. The Bertz CT molecular complexity index is 400. The van der Waals surface area contributed by atoms with Gasteiger partial charge in [0.1, 0.15) is 6.04 Å². The summed E-state index contributed by atoms with van der Waals surface area (Å²) < 4.78 is 0. The van der Waals surface area contributed by atoms with E-state index in [1.54, 1.807) is 14.1 Å². The summed E-state index contributed by atoms with van der Waals surface area (Å²) in [5.41, 5.74) is 0. The summed E-state index contributed by atoms with van der Waals surface area (Å²) >= 11 is 0. The van der Waals surface area contributed by atoms with E-state index in [9.17, 15) is 19.5 Å². The van der Waals surface area contributed by atoms with Gasteiger partial charge in [0.2, 0.25) is 0 Å². The number of amides is 4. The fourth-order valence-electron chi connectivity index (χ4n) is 2.22. The van der Waals surface area contributed by atoms with E-state index in [1.807, 2.05) is 6.92 Å². The van der Waals surface area contributed by atoms with Crippen LogP contribution in [0.15, 0.2) is 0 Å². The van der Waals surface area contributed by atoms with E-state index >= 15 is 0 Å². The van der Waals surface area contributed by atoms with Gasteiger partial charge in [-0.3, -0.25) is 0 Å². The molecule has 1 aliphatic rings. The molecular weight excluding hydrogens is 276 g/mol. The van der Waals surface area contributed by atoms with Gasteiger partial charge in [-0.1, -0.05) is 6.92 Å². The van der Waals surface area contributed by atoms with E-state index < -0.39 is 18.0 Å². The van der Waals surface area contributed by atoms with Crippen LogP contribution >= 0.6 is 0 Å². The van der Waals surface area contributed by atoms with Crippen molar-refractivity contribution < 1.29 is 19.5 Å². The lowest BCUT2D eigenvalue weighted by Gasteiger charge is -2.35. The first-order valence-electron chi connectivity index (χ1n) is 7.05. The maximum atomic E-state index is 12.0. The zero-order chi connectivity index (χ0) is 16.0. The standard InChI is InChI=1S/C13H24N4O4/c1-9-4-7-17(10(8-9)11(18)19)13(21)15-6-5-14-12(20)16(2)3/h9-10H,4-8H2,1-3H3,(H,14,20)(H,15,21)(H,18,19). The van der Waals surface area contributed by atoms with Gasteiger partial charge in [-0.15, -0.1) is 0 Å². The maximum Gasteiger partial charge on any atom is 0.326 e. The largest absolute Gasteiger partial charge is 0.480 e. The number of piperidine rings is 1. The van der Waals surface area contributed by atoms with Crippen LogP contribution in [0.4, 0.5) is 9.59 Å². The average molecular weight is 300 g/mol. The Labute approximate surface area is 124 Å². The molecule has 8 heteroatoms. The molecule has 1 saturated heterocycles. The van der Waals surface area contributed by atoms with E-state index in [0.29, 0.717) is 25.4 Å². The van der Waals surface area contributed by atoms with E-state index in [4.69, 9.17) is 0 Å². The molecule has 0 spiro atoms. The number of hydrogen-bond donors (Lipinski definition) is 3. The van der Waals surface area contributed by atoms with Crippen molar-refractivity contribution in [2.45, 2.75) is 25.8 Å². The van der Waals surface area contributed by atoms with Crippen LogP contribution < -0.4 is 10.6 Å². The molecule has 0 saturated carbocycles. The number of nitrogens with zero attached hydrogens (tertiary/aromatic N) is 2. The maximum absolute atomic E-state index is 12.0. The first-order valence-corrected chi connectivity index (χ1v) is 7.05. The Morgan fingerprint density at radius 1 is 1.24 bits per heavy atom. The van der Waals surface area contributed by atoms with Gasteiger partial charge in [-0.2, -0.15) is 0 Å². The second-order valence-corrected chi connectivity index (χ2v) is 5.54. The molecule has 3 N–H and O–H groups in total. The Morgan fingerprint density at radius 2 is 1.86 bits per heavy atom. The van der Waals surface area contributed by atoms with Crippen LogP contribution in [-0.4, -0.2) is 72.7 Å². The average Bonchev–Trinajstić information content (AvgIpc) is 2.42. The van der Waals surface area contributed by atoms with Crippen molar-refractivity contribution in [3.63, 3.8) is 0 Å². The third-order valence-electron chi connectivity index (χ3n) is 3.49. The number of hydrogen-bond acceptors (Lipinski definition) is 3. The molecular formula is C13H24N4O4. The Balaban J connectivity index is 2.40. The van der Waals surface area contributed by atoms with E-state index in [1.165, 1.54) is 9.80 Å². The molecule has 2 atom stereocenters. The van der Waals surface area contributed by atoms with Gasteiger partial charge >= 0.3 is 18.0 Å². The minimum Gasteiger partial charge on any atom is -0.480 e. The molecule has 1 heterocycles. The summed E-state index contributed by atoms with van der Waals surface area (Å²) in [6.07, 6.45) is 1.27. The fraction of sp³-hybridized carbons (Fsp3) is 0.769. The second kappa shape index (κ2) is 7.70. The van der Waals surface area contributed by atoms with E-state index in [0.717, 1.165) is 6.42 Å². The minimum atomic E-state index is -0.974. The molecule has 2 unspecified atom stereocenters. The molecule has 0 aromatic heterocycles. The van der Waals surface area contributed by atoms with Crippen LogP contribution in [0.1, 0.15) is 19.8 Å². The highest BCUT2D eigenvalue weighted by atomic mass is 16.4. The van der Waals surface area contributed by atoms with Crippen LogP contribution in [0, 0.1) is 5.92 Å². The van der Waals surface area contributed by atoms with Crippen LogP contribution in [0.3, 0.4) is 0 Å². The monoisotopic (exact) mass is 300 g/mol. The van der Waals surface area contributed by atoms with E-state index in [2.05, 4.69) is 10.6 Å². The first kappa shape index (κ1) is 17.1. The van der Waals surface area contributed by atoms with Gasteiger partial charge in [-0.05, 0) is 18.8 Å². The van der Waals surface area contributed by atoms with Gasteiger partial charge in [0.05, 0.1) is 0 Å². The Hall–Kier alpha value is -1.99. The summed E-state index contributed by atoms with van der Waals surface area (Å²) in [7, 11) is 3.25. The molecule has 1 aliphatic heterocycles. The number of carboxylic acid groups (broad SMARTS) is 1. The number of rotatable bonds is 4. The van der Waals surface area contributed by atoms with Crippen molar-refractivity contribution in [3.8, 4) is 0 Å². The highest BCUT2D eigenvalue weighted by molar-refractivity contribution is 5.83. The third-order valence-corrected chi connectivity index (χ3v) is 3.49. The van der Waals surface area contributed by atoms with Gasteiger partial charge in [-0.25, -0.2) is 14.4 Å². The number of carboxylic acids is 1. The number of aliphatic carboxylic acids is 1. The smallest absolute Gasteiger partial charge is 0.326 e. The number of nitrogens with one attached hydrogen (secondary N) is 2. The number of likely N-dealkylation sites (tertiary alicyclic amines) is 1. The van der Waals surface area contributed by atoms with Crippen molar-refractivity contribution in [3.05, 3.63) is 0 Å². The predicted octanol–water partition coefficient (Wildman–Crippen LogP) is 0.152. The van der Waals surface area contributed by atoms with Gasteiger partial charge in [0.25, 0.3) is 0 Å². The fourth-order valence-corrected chi connectivity index (χ4v) is 2.22. The van der Waals surface area contributed by atoms with Crippen molar-refractivity contribution in [1.82, 2.24) is 20.4 Å². The number of carbonyl (C=O) groups is 3. The summed E-state index contributed by atoms with van der Waals surface area (Å²) in [6.45, 7) is 2.98. The molecule has 21 heavy (non-hydrogen) atoms. The van der Waals surface area contributed by atoms with Gasteiger partial charge in [0, 0.05) is 33.7 Å². The number of carbonyl (C=O) groups excluding carboxylic acids is 2. The highest BCUT2D eigenvalue weighted by Gasteiger charge is 2.34. The zero-order valence-electron chi connectivity index (χ0n) is 12.8.